The van der Waals surface area contributed by atoms with E-state index < -0.39 is 0 Å². The summed E-state index contributed by atoms with van der Waals surface area (Å²) < 4.78 is 1.60. The van der Waals surface area contributed by atoms with Gasteiger partial charge in [0.15, 0.2) is 0 Å². The Bertz CT molecular complexity index is 1810. The van der Waals surface area contributed by atoms with Crippen LogP contribution in [0.15, 0.2) is 127 Å². The largest absolute Gasteiger partial charge is 0.214 e. The summed E-state index contributed by atoms with van der Waals surface area (Å²) in [5.74, 6) is 0. The minimum absolute atomic E-state index is 0. The van der Waals surface area contributed by atoms with Gasteiger partial charge >= 0.3 is 112 Å². The minimum Gasteiger partial charge on any atom is -0.214 e. The van der Waals surface area contributed by atoms with E-state index in [0.717, 1.165) is 25.7 Å². The maximum absolute atomic E-state index is 2.51. The summed E-state index contributed by atoms with van der Waals surface area (Å²) in [4.78, 5) is 0. The molecule has 0 spiro atoms. The number of fused-ring (bicyclic) bond motifs is 5. The first-order valence-corrected chi connectivity index (χ1v) is 18.6. The van der Waals surface area contributed by atoms with Crippen molar-refractivity contribution in [2.24, 2.45) is 0 Å². The summed E-state index contributed by atoms with van der Waals surface area (Å²) in [6.45, 7) is 13.9. The van der Waals surface area contributed by atoms with Crippen LogP contribution in [-0.4, -0.2) is 3.21 Å². The first-order valence-electron chi connectivity index (χ1n) is 17.4. The molecule has 0 N–H and O–H groups in total. The van der Waals surface area contributed by atoms with Crippen LogP contribution in [0.4, 0.5) is 0 Å². The van der Waals surface area contributed by atoms with Crippen LogP contribution in [0, 0.1) is 6.42 Å². The summed E-state index contributed by atoms with van der Waals surface area (Å²) in [5.41, 5.74) is 17.8. The van der Waals surface area contributed by atoms with Crippen molar-refractivity contribution >= 4 is 14.4 Å². The number of rotatable bonds is 4. The number of hydrogen-bond donors (Lipinski definition) is 0. The summed E-state index contributed by atoms with van der Waals surface area (Å²) in [5, 5.41) is 0. The van der Waals surface area contributed by atoms with Crippen LogP contribution in [0.5, 0.6) is 0 Å². The fourth-order valence-corrected chi connectivity index (χ4v) is 8.25. The maximum atomic E-state index is 2.51. The Kier molecular flexibility index (Phi) is 13.5. The third-order valence-electron chi connectivity index (χ3n) is 10.2. The Labute approximate surface area is 328 Å². The molecule has 3 aliphatic rings. The molecule has 0 nitrogen and oxygen atoms in total. The topological polar surface area (TPSA) is 0 Å². The van der Waals surface area contributed by atoms with E-state index in [9.17, 15) is 0 Å². The zero-order valence-electron chi connectivity index (χ0n) is 30.3. The second-order valence-corrected chi connectivity index (χ2v) is 16.6. The van der Waals surface area contributed by atoms with E-state index >= 15 is 0 Å². The standard InChI is InChI=1S/C27H29.C15H14.C5H5.2ClH.Zr/c1-16-7-9-26(3,4)24-12-18-11-19-13-25-21(17(2)8-10-27(25,5)6)15-23(19)22(18)14-20(16)24;1-3-8-14(9-4-1)12-7-13-15-10-5-2-6-11-15;1-2-4-5-3-1;;;/h7-9,12-15H,10-11H2,1-6H3;1-6,8-11H,12-13H2;1-5H;2*1H;/q-1;;-1;;;+2/p-2. The number of halogens is 2. The summed E-state index contributed by atoms with van der Waals surface area (Å²) in [6, 6.07) is 41.4. The summed E-state index contributed by atoms with van der Waals surface area (Å²) in [7, 11) is 0. The van der Waals surface area contributed by atoms with Crippen molar-refractivity contribution in [3.8, 4) is 11.1 Å². The van der Waals surface area contributed by atoms with Gasteiger partial charge in [-0.05, 0) is 70.2 Å². The zero-order chi connectivity index (χ0) is 33.9. The molecule has 3 aliphatic carbocycles. The average molecular weight is 775 g/mol. The molecular formula is C47H48Cl2Zr-2. The van der Waals surface area contributed by atoms with E-state index in [4.69, 9.17) is 0 Å². The Morgan fingerprint density at radius 1 is 0.640 bits per heavy atom. The van der Waals surface area contributed by atoms with Crippen LogP contribution in [-0.2, 0) is 54.3 Å². The molecule has 0 fully saturated rings. The van der Waals surface area contributed by atoms with Gasteiger partial charge in [-0.25, -0.2) is 24.6 Å². The Morgan fingerprint density at radius 3 is 1.64 bits per heavy atom. The van der Waals surface area contributed by atoms with Gasteiger partial charge in [-0.15, -0.1) is 12.5 Å². The summed E-state index contributed by atoms with van der Waals surface area (Å²) in [6.07, 6.45) is 11.5. The van der Waals surface area contributed by atoms with Gasteiger partial charge in [-0.3, -0.25) is 0 Å². The van der Waals surface area contributed by atoms with E-state index in [1.165, 1.54) is 66.8 Å². The van der Waals surface area contributed by atoms with Crippen LogP contribution in [0.1, 0.15) is 92.5 Å². The smallest absolute Gasteiger partial charge is 0.172 e. The number of benzene rings is 4. The molecule has 0 aliphatic heterocycles. The maximum Gasteiger partial charge on any atom is -0.172 e. The minimum atomic E-state index is 0. The van der Waals surface area contributed by atoms with Crippen molar-refractivity contribution in [2.45, 2.75) is 78.1 Å². The second kappa shape index (κ2) is 17.0. The first kappa shape index (κ1) is 39.7. The van der Waals surface area contributed by atoms with E-state index in [1.807, 2.05) is 30.3 Å². The first-order chi connectivity index (χ1) is 23.0. The van der Waals surface area contributed by atoms with Crippen molar-refractivity contribution in [3.05, 3.63) is 178 Å². The predicted octanol–water partition coefficient (Wildman–Crippen LogP) is 5.85. The fraction of sp³-hybridized carbons (Fsp3) is 0.255. The zero-order valence-corrected chi connectivity index (χ0v) is 34.3. The van der Waals surface area contributed by atoms with Crippen LogP contribution in [0.3, 0.4) is 0 Å². The van der Waals surface area contributed by atoms with Crippen LogP contribution in [0.2, 0.25) is 0 Å². The molecule has 5 aromatic rings. The normalized spacial score (nSPS) is 15.1. The van der Waals surface area contributed by atoms with Gasteiger partial charge in [-0.2, -0.15) is 23.8 Å². The van der Waals surface area contributed by atoms with Crippen LogP contribution >= 0.6 is 0 Å². The van der Waals surface area contributed by atoms with Crippen LogP contribution < -0.4 is 24.8 Å². The molecule has 5 aromatic carbocycles. The monoisotopic (exact) mass is 772 g/mol. The molecule has 0 atom stereocenters. The van der Waals surface area contributed by atoms with Crippen molar-refractivity contribution in [1.29, 1.82) is 0 Å². The molecule has 0 saturated carbocycles. The van der Waals surface area contributed by atoms with E-state index in [-0.39, 0.29) is 35.6 Å². The van der Waals surface area contributed by atoms with Gasteiger partial charge < -0.3 is 24.8 Å². The van der Waals surface area contributed by atoms with Gasteiger partial charge in [0.2, 0.25) is 0 Å². The van der Waals surface area contributed by atoms with E-state index in [2.05, 4.69) is 145 Å². The van der Waals surface area contributed by atoms with Gasteiger partial charge in [0.25, 0.3) is 0 Å². The van der Waals surface area contributed by atoms with Gasteiger partial charge in [0.1, 0.15) is 0 Å². The molecule has 0 heterocycles. The fourth-order valence-electron chi connectivity index (χ4n) is 7.24. The summed E-state index contributed by atoms with van der Waals surface area (Å²) >= 11 is 1.55. The quantitative estimate of drug-likeness (QED) is 0.198. The van der Waals surface area contributed by atoms with Crippen molar-refractivity contribution in [3.63, 3.8) is 0 Å². The molecule has 50 heavy (non-hydrogen) atoms. The van der Waals surface area contributed by atoms with Crippen molar-refractivity contribution in [2.75, 3.05) is 0 Å². The molecule has 0 amide bonds. The molecule has 3 heteroatoms. The molecule has 256 valence electrons. The Balaban J connectivity index is 0.000000208. The molecule has 0 saturated heterocycles. The van der Waals surface area contributed by atoms with Crippen molar-refractivity contribution < 1.29 is 49.0 Å². The second-order valence-electron chi connectivity index (χ2n) is 14.9. The predicted molar refractivity (Wildman–Crippen MR) is 204 cm³/mol. The van der Waals surface area contributed by atoms with Crippen LogP contribution in [0.25, 0.3) is 22.3 Å². The average Bonchev–Trinajstić information content (AvgIpc) is 3.77. The van der Waals surface area contributed by atoms with Gasteiger partial charge in [0.05, 0.1) is 0 Å². The Hall–Kier alpha value is -3.09. The molecule has 0 bridgehead atoms. The Morgan fingerprint density at radius 2 is 1.14 bits per heavy atom. The SMILES string of the molecule is CC1=C[CH-]C(C)(C)c2cc3c(cc21)-c1cc2c(cc1C3)C(C)(C)CC=C2C.[Cl-].[Cl-].[Zr+2]=[C](Cc1ccccc1)Cc1ccccc1.c1cc[cH-]c1. The third-order valence-corrected chi connectivity index (χ3v) is 11.0. The van der Waals surface area contributed by atoms with E-state index in [0.29, 0.717) is 0 Å². The molecular weight excluding hydrogens is 727 g/mol. The van der Waals surface area contributed by atoms with Gasteiger partial charge in [-0.1, -0.05) is 62.9 Å². The van der Waals surface area contributed by atoms with Crippen molar-refractivity contribution in [1.82, 2.24) is 0 Å². The van der Waals surface area contributed by atoms with Gasteiger partial charge in [0, 0.05) is 0 Å². The molecule has 0 radical (unpaired) electrons. The molecule has 0 aromatic heterocycles. The third kappa shape index (κ3) is 9.03. The number of hydrogen-bond acceptors (Lipinski definition) is 0. The number of allylic oxidation sites excluding steroid dienone is 4. The van der Waals surface area contributed by atoms with E-state index in [1.54, 1.807) is 27.4 Å². The molecule has 0 unspecified atom stereocenters. The molecule has 8 rings (SSSR count).